The number of aromatic nitrogens is 4. The zero-order chi connectivity index (χ0) is 26.4. The topological polar surface area (TPSA) is 100 Å². The van der Waals surface area contributed by atoms with Crippen molar-refractivity contribution in [1.82, 2.24) is 24.4 Å². The van der Waals surface area contributed by atoms with Gasteiger partial charge in [-0.15, -0.1) is 0 Å². The number of fused-ring (bicyclic) bond motifs is 1. The van der Waals surface area contributed by atoms with Crippen LogP contribution in [0.4, 0.5) is 23.8 Å². The zero-order valence-corrected chi connectivity index (χ0v) is 20.5. The Labute approximate surface area is 206 Å². The Balaban J connectivity index is 1.79. The van der Waals surface area contributed by atoms with Crippen LogP contribution < -0.4 is 4.90 Å². The highest BCUT2D eigenvalue weighted by Crippen LogP contribution is 2.41. The second-order valence-corrected chi connectivity index (χ2v) is 9.80. The molecule has 0 saturated carbocycles. The summed E-state index contributed by atoms with van der Waals surface area (Å²) in [4.78, 5) is 28.6. The number of amides is 1. The zero-order valence-electron chi connectivity index (χ0n) is 20.5. The number of rotatable bonds is 2. The molecular formula is C24H26F3N7O2. The number of pyridine rings is 1. The summed E-state index contributed by atoms with van der Waals surface area (Å²) in [6.45, 7) is 9.45. The highest BCUT2D eigenvalue weighted by molar-refractivity contribution is 5.93. The summed E-state index contributed by atoms with van der Waals surface area (Å²) >= 11 is 0. The smallest absolute Gasteiger partial charge is 0.418 e. The lowest BCUT2D eigenvalue weighted by Crippen LogP contribution is -2.59. The molecule has 4 heterocycles. The van der Waals surface area contributed by atoms with E-state index in [0.717, 1.165) is 6.20 Å². The summed E-state index contributed by atoms with van der Waals surface area (Å²) < 4.78 is 49.3. The average Bonchev–Trinajstić information content (AvgIpc) is 3.20. The molecule has 0 radical (unpaired) electrons. The van der Waals surface area contributed by atoms with Gasteiger partial charge >= 0.3 is 12.3 Å². The number of halogens is 3. The average molecular weight is 502 g/mol. The van der Waals surface area contributed by atoms with E-state index in [1.54, 1.807) is 30.6 Å². The van der Waals surface area contributed by atoms with Crippen LogP contribution in [0.25, 0.3) is 16.9 Å². The van der Waals surface area contributed by atoms with Crippen molar-refractivity contribution in [3.05, 3.63) is 42.0 Å². The van der Waals surface area contributed by atoms with Gasteiger partial charge in [0.05, 0.1) is 22.6 Å². The normalized spacial score (nSPS) is 18.9. The predicted molar refractivity (Wildman–Crippen MR) is 126 cm³/mol. The van der Waals surface area contributed by atoms with E-state index in [0.29, 0.717) is 0 Å². The van der Waals surface area contributed by atoms with E-state index in [9.17, 15) is 23.2 Å². The lowest BCUT2D eigenvalue weighted by Gasteiger charge is -2.44. The molecule has 0 bridgehead atoms. The molecule has 0 aliphatic carbocycles. The van der Waals surface area contributed by atoms with Crippen LogP contribution in [0.3, 0.4) is 0 Å². The fourth-order valence-electron chi connectivity index (χ4n) is 4.27. The van der Waals surface area contributed by atoms with E-state index >= 15 is 0 Å². The summed E-state index contributed by atoms with van der Waals surface area (Å²) in [6.07, 6.45) is -1.67. The Morgan fingerprint density at radius 1 is 1.14 bits per heavy atom. The van der Waals surface area contributed by atoms with Gasteiger partial charge in [0, 0.05) is 37.6 Å². The molecule has 0 spiro atoms. The van der Waals surface area contributed by atoms with Gasteiger partial charge < -0.3 is 14.5 Å². The van der Waals surface area contributed by atoms with Gasteiger partial charge in [0.25, 0.3) is 0 Å². The Hall–Kier alpha value is -3.88. The molecule has 2 unspecified atom stereocenters. The molecule has 1 aliphatic heterocycles. The van der Waals surface area contributed by atoms with Crippen molar-refractivity contribution in [1.29, 1.82) is 5.26 Å². The third kappa shape index (κ3) is 4.78. The maximum absolute atomic E-state index is 14.2. The highest BCUT2D eigenvalue weighted by atomic mass is 19.4. The molecule has 1 amide bonds. The molecule has 3 aromatic rings. The van der Waals surface area contributed by atoms with Crippen LogP contribution in [0.2, 0.25) is 0 Å². The van der Waals surface area contributed by atoms with Gasteiger partial charge in [0.2, 0.25) is 0 Å². The van der Waals surface area contributed by atoms with Gasteiger partial charge in [-0.1, -0.05) is 0 Å². The Kier molecular flexibility index (Phi) is 6.28. The molecule has 2 atom stereocenters. The van der Waals surface area contributed by atoms with Gasteiger partial charge in [0.1, 0.15) is 23.6 Å². The van der Waals surface area contributed by atoms with Gasteiger partial charge in [-0.25, -0.2) is 19.7 Å². The quantitative estimate of drug-likeness (QED) is 0.508. The summed E-state index contributed by atoms with van der Waals surface area (Å²) in [5.74, 6) is 0.251. The molecule has 36 heavy (non-hydrogen) atoms. The predicted octanol–water partition coefficient (Wildman–Crippen LogP) is 4.54. The molecule has 1 aliphatic rings. The number of alkyl halides is 3. The van der Waals surface area contributed by atoms with E-state index < -0.39 is 23.4 Å². The largest absolute Gasteiger partial charge is 0.444 e. The van der Waals surface area contributed by atoms with Crippen LogP contribution in [0, 0.1) is 11.3 Å². The fourth-order valence-corrected chi connectivity index (χ4v) is 4.27. The Morgan fingerprint density at radius 2 is 1.86 bits per heavy atom. The maximum Gasteiger partial charge on any atom is 0.418 e. The van der Waals surface area contributed by atoms with E-state index in [1.807, 2.05) is 19.9 Å². The first-order valence-electron chi connectivity index (χ1n) is 11.4. The molecule has 0 aromatic carbocycles. The van der Waals surface area contributed by atoms with Gasteiger partial charge in [0.15, 0.2) is 5.65 Å². The lowest BCUT2D eigenvalue weighted by molar-refractivity contribution is -0.136. The molecule has 190 valence electrons. The van der Waals surface area contributed by atoms with Crippen molar-refractivity contribution in [3.8, 4) is 11.9 Å². The molecule has 9 nitrogen and oxygen atoms in total. The SMILES string of the molecule is CC1CN(c2ncnc3c2c(C(F)(F)F)cn3-c2cc(C#N)ccn2)C(C)CN1C(=O)OC(C)(C)C. The molecule has 3 aromatic heterocycles. The molecule has 1 fully saturated rings. The van der Waals surface area contributed by atoms with E-state index in [2.05, 4.69) is 15.0 Å². The minimum absolute atomic E-state index is 0.0179. The van der Waals surface area contributed by atoms with Crippen molar-refractivity contribution in [3.63, 3.8) is 0 Å². The third-order valence-corrected chi connectivity index (χ3v) is 5.88. The Morgan fingerprint density at radius 3 is 2.50 bits per heavy atom. The van der Waals surface area contributed by atoms with Crippen molar-refractivity contribution in [2.75, 3.05) is 18.0 Å². The number of hydrogen-bond donors (Lipinski definition) is 0. The first-order chi connectivity index (χ1) is 16.8. The fraction of sp³-hybridized carbons (Fsp3) is 0.458. The summed E-state index contributed by atoms with van der Waals surface area (Å²) in [5.41, 5.74) is -1.31. The molecular weight excluding hydrogens is 475 g/mol. The van der Waals surface area contributed by atoms with E-state index in [4.69, 9.17) is 4.74 Å². The van der Waals surface area contributed by atoms with Gasteiger partial charge in [-0.3, -0.25) is 4.57 Å². The summed E-state index contributed by atoms with van der Waals surface area (Å²) in [6, 6.07) is 4.13. The van der Waals surface area contributed by atoms with Crippen LogP contribution in [-0.2, 0) is 10.9 Å². The van der Waals surface area contributed by atoms with Crippen LogP contribution in [-0.4, -0.2) is 61.3 Å². The maximum atomic E-state index is 14.2. The second kappa shape index (κ2) is 8.96. The number of carbonyl (C=O) groups is 1. The minimum atomic E-state index is -4.69. The third-order valence-electron chi connectivity index (χ3n) is 5.88. The first-order valence-corrected chi connectivity index (χ1v) is 11.4. The number of carbonyl (C=O) groups excluding carboxylic acids is 1. The first kappa shape index (κ1) is 25.2. The second-order valence-electron chi connectivity index (χ2n) is 9.80. The van der Waals surface area contributed by atoms with Gasteiger partial charge in [-0.2, -0.15) is 18.4 Å². The number of hydrogen-bond acceptors (Lipinski definition) is 7. The van der Waals surface area contributed by atoms with Crippen molar-refractivity contribution in [2.45, 2.75) is 58.5 Å². The molecule has 12 heteroatoms. The van der Waals surface area contributed by atoms with Crippen molar-refractivity contribution in [2.24, 2.45) is 0 Å². The number of ether oxygens (including phenoxy) is 1. The van der Waals surface area contributed by atoms with Crippen molar-refractivity contribution >= 4 is 22.9 Å². The summed E-state index contributed by atoms with van der Waals surface area (Å²) in [5, 5.41) is 9.04. The Bertz CT molecular complexity index is 1340. The summed E-state index contributed by atoms with van der Waals surface area (Å²) in [7, 11) is 0. The number of piperazine rings is 1. The number of nitrogens with zero attached hydrogens (tertiary/aromatic N) is 7. The van der Waals surface area contributed by atoms with E-state index in [-0.39, 0.29) is 53.4 Å². The van der Waals surface area contributed by atoms with Crippen LogP contribution in [0.5, 0.6) is 0 Å². The van der Waals surface area contributed by atoms with Crippen LogP contribution in [0.15, 0.2) is 30.9 Å². The van der Waals surface area contributed by atoms with E-state index in [1.165, 1.54) is 29.2 Å². The van der Waals surface area contributed by atoms with Crippen LogP contribution in [0.1, 0.15) is 45.7 Å². The molecule has 4 rings (SSSR count). The molecule has 0 N–H and O–H groups in total. The standard InChI is InChI=1S/C24H26F3N7O2/c1-14-11-33(22(35)36-23(3,4)5)15(2)10-32(14)20-19-17(24(25,26)27)12-34(21(19)31-13-30-20)18-8-16(9-28)6-7-29-18/h6-8,12-15H,10-11H2,1-5H3. The monoisotopic (exact) mass is 501 g/mol. The lowest BCUT2D eigenvalue weighted by atomic mass is 10.1. The van der Waals surface area contributed by atoms with Gasteiger partial charge in [-0.05, 0) is 46.8 Å². The van der Waals surface area contributed by atoms with Crippen LogP contribution >= 0.6 is 0 Å². The molecule has 1 saturated heterocycles. The number of nitriles is 1. The van der Waals surface area contributed by atoms with Crippen molar-refractivity contribution < 1.29 is 22.7 Å². The highest BCUT2D eigenvalue weighted by Gasteiger charge is 2.40. The number of anilines is 1. The minimum Gasteiger partial charge on any atom is -0.444 e.